The van der Waals surface area contributed by atoms with Gasteiger partial charge in [0.1, 0.15) is 17.2 Å². The third kappa shape index (κ3) is 4.21. The summed E-state index contributed by atoms with van der Waals surface area (Å²) in [5, 5.41) is 0. The minimum atomic E-state index is -0.471. The molecule has 2 fully saturated rings. The number of carbonyl (C=O) groups excluding carboxylic acids is 1. The van der Waals surface area contributed by atoms with Crippen LogP contribution in [0.15, 0.2) is 30.5 Å². The van der Waals surface area contributed by atoms with Crippen molar-refractivity contribution in [2.24, 2.45) is 0 Å². The maximum absolute atomic E-state index is 13.3. The molecule has 1 aliphatic carbocycles. The molecule has 1 saturated heterocycles. The molecule has 1 aliphatic heterocycles. The number of nitrogens with zero attached hydrogens (tertiary/aromatic N) is 3. The number of aromatic nitrogens is 2. The van der Waals surface area contributed by atoms with Crippen LogP contribution in [0.3, 0.4) is 0 Å². The van der Waals surface area contributed by atoms with Crippen LogP contribution in [0.5, 0.6) is 0 Å². The molecule has 1 aromatic carbocycles. The van der Waals surface area contributed by atoms with E-state index in [0.29, 0.717) is 25.0 Å². The number of hydrogen-bond acceptors (Lipinski definition) is 3. The first-order valence-electron chi connectivity index (χ1n) is 10.1. The number of imidazole rings is 1. The van der Waals surface area contributed by atoms with Gasteiger partial charge in [0.25, 0.3) is 0 Å². The fourth-order valence-corrected chi connectivity index (χ4v) is 3.76. The number of rotatable bonds is 3. The van der Waals surface area contributed by atoms with Crippen LogP contribution in [0.2, 0.25) is 0 Å². The summed E-state index contributed by atoms with van der Waals surface area (Å²) in [5.74, 6) is 1.42. The van der Waals surface area contributed by atoms with Gasteiger partial charge in [-0.1, -0.05) is 0 Å². The van der Waals surface area contributed by atoms with Crippen LogP contribution >= 0.6 is 0 Å². The van der Waals surface area contributed by atoms with Gasteiger partial charge in [-0.05, 0) is 70.7 Å². The fraction of sp³-hybridized carbons (Fsp3) is 0.545. The number of hydrogen-bond donors (Lipinski definition) is 0. The molecule has 150 valence electrons. The third-order valence-corrected chi connectivity index (χ3v) is 5.35. The van der Waals surface area contributed by atoms with Crippen LogP contribution in [0.4, 0.5) is 9.18 Å². The fourth-order valence-electron chi connectivity index (χ4n) is 3.76. The van der Waals surface area contributed by atoms with Gasteiger partial charge in [-0.15, -0.1) is 0 Å². The first-order valence-corrected chi connectivity index (χ1v) is 10.1. The van der Waals surface area contributed by atoms with E-state index in [1.54, 1.807) is 17.0 Å². The molecule has 1 aromatic heterocycles. The van der Waals surface area contributed by atoms with E-state index in [0.717, 1.165) is 29.9 Å². The van der Waals surface area contributed by atoms with Crippen molar-refractivity contribution in [3.63, 3.8) is 0 Å². The Balaban J connectivity index is 1.49. The maximum atomic E-state index is 13.3. The summed E-state index contributed by atoms with van der Waals surface area (Å²) in [6, 6.07) is 6.85. The molecule has 0 atom stereocenters. The lowest BCUT2D eigenvalue weighted by molar-refractivity contribution is 0.0187. The Morgan fingerprint density at radius 3 is 2.32 bits per heavy atom. The molecular formula is C22H28FN3O2. The van der Waals surface area contributed by atoms with Crippen molar-refractivity contribution in [1.29, 1.82) is 0 Å². The summed E-state index contributed by atoms with van der Waals surface area (Å²) in [5.41, 5.74) is 1.37. The minimum Gasteiger partial charge on any atom is -0.444 e. The van der Waals surface area contributed by atoms with Crippen molar-refractivity contribution in [1.82, 2.24) is 14.5 Å². The first-order chi connectivity index (χ1) is 13.3. The highest BCUT2D eigenvalue weighted by molar-refractivity contribution is 5.68. The Morgan fingerprint density at radius 2 is 1.75 bits per heavy atom. The molecule has 2 aliphatic rings. The van der Waals surface area contributed by atoms with Gasteiger partial charge in [0.15, 0.2) is 0 Å². The normalized spacial score (nSPS) is 18.4. The largest absolute Gasteiger partial charge is 0.444 e. The van der Waals surface area contributed by atoms with Gasteiger partial charge in [0.2, 0.25) is 0 Å². The first kappa shape index (κ1) is 19.0. The Morgan fingerprint density at radius 1 is 1.11 bits per heavy atom. The average molecular weight is 385 g/mol. The number of benzene rings is 1. The molecular weight excluding hydrogens is 357 g/mol. The van der Waals surface area contributed by atoms with Crippen LogP contribution < -0.4 is 0 Å². The smallest absolute Gasteiger partial charge is 0.410 e. The number of halogens is 1. The molecule has 2 heterocycles. The molecule has 0 N–H and O–H groups in total. The van der Waals surface area contributed by atoms with Crippen LogP contribution in [0.1, 0.15) is 64.2 Å². The lowest BCUT2D eigenvalue weighted by Gasteiger charge is -2.34. The molecule has 28 heavy (non-hydrogen) atoms. The Bertz CT molecular complexity index is 842. The zero-order valence-electron chi connectivity index (χ0n) is 16.8. The van der Waals surface area contributed by atoms with Crippen molar-refractivity contribution in [2.45, 2.75) is 64.0 Å². The summed E-state index contributed by atoms with van der Waals surface area (Å²) in [6.45, 7) is 7.05. The van der Waals surface area contributed by atoms with Crippen molar-refractivity contribution < 1.29 is 13.9 Å². The molecule has 2 aromatic rings. The number of piperidine rings is 1. The minimum absolute atomic E-state index is 0.231. The second-order valence-electron chi connectivity index (χ2n) is 8.87. The summed E-state index contributed by atoms with van der Waals surface area (Å²) in [4.78, 5) is 19.0. The zero-order chi connectivity index (χ0) is 19.9. The van der Waals surface area contributed by atoms with E-state index in [1.807, 2.05) is 20.8 Å². The van der Waals surface area contributed by atoms with E-state index in [-0.39, 0.29) is 11.9 Å². The number of amides is 1. The number of ether oxygens (including phenoxy) is 1. The van der Waals surface area contributed by atoms with Crippen molar-refractivity contribution in [2.75, 3.05) is 13.1 Å². The Labute approximate surface area is 165 Å². The van der Waals surface area contributed by atoms with E-state index in [4.69, 9.17) is 9.72 Å². The van der Waals surface area contributed by atoms with E-state index in [1.165, 1.54) is 25.0 Å². The van der Waals surface area contributed by atoms with E-state index in [2.05, 4.69) is 10.8 Å². The van der Waals surface area contributed by atoms with E-state index < -0.39 is 5.60 Å². The highest BCUT2D eigenvalue weighted by atomic mass is 19.1. The molecule has 1 saturated carbocycles. The van der Waals surface area contributed by atoms with Crippen LogP contribution in [0, 0.1) is 5.82 Å². The van der Waals surface area contributed by atoms with Gasteiger partial charge in [0.05, 0.1) is 5.69 Å². The molecule has 5 nitrogen and oxygen atoms in total. The summed E-state index contributed by atoms with van der Waals surface area (Å²) in [7, 11) is 0. The highest BCUT2D eigenvalue weighted by Crippen LogP contribution is 2.42. The van der Waals surface area contributed by atoms with E-state index in [9.17, 15) is 9.18 Å². The lowest BCUT2D eigenvalue weighted by atomic mass is 10.0. The van der Waals surface area contributed by atoms with Crippen LogP contribution in [-0.2, 0) is 4.74 Å². The summed E-state index contributed by atoms with van der Waals surface area (Å²) in [6.07, 6.45) is 6.00. The molecule has 0 unspecified atom stereocenters. The standard InChI is InChI=1S/C22H28FN3O2/c1-22(2,3)28-21(27)25-12-10-18(11-13-25)26-14-19(24-20(26)16-4-5-16)15-6-8-17(23)9-7-15/h6-9,14,16,18H,4-5,10-13H2,1-3H3. The second kappa shape index (κ2) is 7.22. The Kier molecular flexibility index (Phi) is 4.89. The number of likely N-dealkylation sites (tertiary alicyclic amines) is 1. The molecule has 1 amide bonds. The quantitative estimate of drug-likeness (QED) is 0.735. The zero-order valence-corrected chi connectivity index (χ0v) is 16.8. The third-order valence-electron chi connectivity index (χ3n) is 5.35. The predicted octanol–water partition coefficient (Wildman–Crippen LogP) is 5.14. The molecule has 4 rings (SSSR count). The van der Waals surface area contributed by atoms with Crippen molar-refractivity contribution >= 4 is 6.09 Å². The van der Waals surface area contributed by atoms with Crippen molar-refractivity contribution in [3.05, 3.63) is 42.1 Å². The lowest BCUT2D eigenvalue weighted by Crippen LogP contribution is -2.42. The topological polar surface area (TPSA) is 47.4 Å². The van der Waals surface area contributed by atoms with Gasteiger partial charge in [-0.3, -0.25) is 0 Å². The van der Waals surface area contributed by atoms with Gasteiger partial charge in [-0.2, -0.15) is 0 Å². The highest BCUT2D eigenvalue weighted by Gasteiger charge is 2.33. The second-order valence-corrected chi connectivity index (χ2v) is 8.87. The molecule has 0 radical (unpaired) electrons. The molecule has 6 heteroatoms. The predicted molar refractivity (Wildman–Crippen MR) is 106 cm³/mol. The molecule has 0 bridgehead atoms. The van der Waals surface area contributed by atoms with Crippen molar-refractivity contribution in [3.8, 4) is 11.3 Å². The van der Waals surface area contributed by atoms with Crippen LogP contribution in [-0.4, -0.2) is 39.2 Å². The van der Waals surface area contributed by atoms with Gasteiger partial charge in [-0.25, -0.2) is 14.2 Å². The SMILES string of the molecule is CC(C)(C)OC(=O)N1CCC(n2cc(-c3ccc(F)cc3)nc2C2CC2)CC1. The number of carbonyl (C=O) groups is 1. The van der Waals surface area contributed by atoms with Gasteiger partial charge >= 0.3 is 6.09 Å². The summed E-state index contributed by atoms with van der Waals surface area (Å²) >= 11 is 0. The van der Waals surface area contributed by atoms with Gasteiger partial charge < -0.3 is 14.2 Å². The van der Waals surface area contributed by atoms with Crippen LogP contribution in [0.25, 0.3) is 11.3 Å². The molecule has 0 spiro atoms. The monoisotopic (exact) mass is 385 g/mol. The summed E-state index contributed by atoms with van der Waals surface area (Å²) < 4.78 is 21.1. The average Bonchev–Trinajstić information content (AvgIpc) is 3.40. The maximum Gasteiger partial charge on any atom is 0.410 e. The van der Waals surface area contributed by atoms with E-state index >= 15 is 0 Å². The Hall–Kier alpha value is -2.37. The van der Waals surface area contributed by atoms with Gasteiger partial charge in [0, 0.05) is 36.8 Å².